The molecule has 0 saturated heterocycles. The van der Waals surface area contributed by atoms with E-state index < -0.39 is 47.9 Å². The summed E-state index contributed by atoms with van der Waals surface area (Å²) < 4.78 is 0. The van der Waals surface area contributed by atoms with Crippen molar-refractivity contribution in [3.63, 3.8) is 0 Å². The van der Waals surface area contributed by atoms with Gasteiger partial charge in [0.15, 0.2) is 0 Å². The molecule has 5 unspecified atom stereocenters. The minimum absolute atomic E-state index is 0.0401. The number of aliphatic carboxylic acids is 1. The highest BCUT2D eigenvalue weighted by Gasteiger charge is 2.33. The Morgan fingerprint density at radius 3 is 2.05 bits per heavy atom. The molecular weight excluding hydrogens is 496 g/mol. The Bertz CT molecular complexity index is 896. The van der Waals surface area contributed by atoms with Gasteiger partial charge >= 0.3 is 5.97 Å². The number of carboxylic acid groups (broad SMARTS) is 1. The van der Waals surface area contributed by atoms with Gasteiger partial charge in [-0.2, -0.15) is 11.8 Å². The average molecular weight is 539 g/mol. The highest BCUT2D eigenvalue weighted by Crippen LogP contribution is 2.14. The van der Waals surface area contributed by atoms with Gasteiger partial charge < -0.3 is 31.9 Å². The zero-order valence-electron chi connectivity index (χ0n) is 22.3. The third-order valence-corrected chi connectivity index (χ3v) is 6.74. The van der Waals surface area contributed by atoms with Crippen LogP contribution in [-0.2, 0) is 25.6 Å². The number of hydrogen-bond donors (Lipinski definition) is 6. The predicted octanol–water partition coefficient (Wildman–Crippen LogP) is 1.65. The van der Waals surface area contributed by atoms with Gasteiger partial charge in [0.05, 0.1) is 6.04 Å². The van der Waals surface area contributed by atoms with E-state index in [2.05, 4.69) is 16.0 Å². The summed E-state index contributed by atoms with van der Waals surface area (Å²) in [7, 11) is 0. The molecule has 11 heteroatoms. The zero-order valence-corrected chi connectivity index (χ0v) is 23.1. The standard InChI is InChI=1S/C26H42N4O6S/c1-6-16(4)22(25(34)29-21(26(35)36)13-15(2)3)30-24(33)20(14-17-7-9-18(31)10-8-17)28-23(32)19(27)11-12-37-5/h7-10,15-16,19-22,31H,6,11-14,27H2,1-5H3,(H,28,32)(H,29,34)(H,30,33)(H,35,36). The van der Waals surface area contributed by atoms with Crippen LogP contribution in [0.3, 0.4) is 0 Å². The summed E-state index contributed by atoms with van der Waals surface area (Å²) in [4.78, 5) is 50.9. The molecule has 37 heavy (non-hydrogen) atoms. The number of benzene rings is 1. The van der Waals surface area contributed by atoms with Gasteiger partial charge in [-0.1, -0.05) is 46.2 Å². The number of hydrogen-bond acceptors (Lipinski definition) is 7. The van der Waals surface area contributed by atoms with E-state index in [9.17, 15) is 29.4 Å². The first-order chi connectivity index (χ1) is 17.4. The van der Waals surface area contributed by atoms with E-state index in [0.29, 0.717) is 24.2 Å². The first-order valence-corrected chi connectivity index (χ1v) is 13.9. The maximum absolute atomic E-state index is 13.4. The van der Waals surface area contributed by atoms with Gasteiger partial charge in [-0.25, -0.2) is 4.79 Å². The molecule has 0 heterocycles. The maximum Gasteiger partial charge on any atom is 0.326 e. The molecule has 10 nitrogen and oxygen atoms in total. The highest BCUT2D eigenvalue weighted by atomic mass is 32.2. The molecule has 0 spiro atoms. The Labute approximate surface area is 223 Å². The van der Waals surface area contributed by atoms with E-state index in [0.717, 1.165) is 0 Å². The fraction of sp³-hybridized carbons (Fsp3) is 0.615. The zero-order chi connectivity index (χ0) is 28.1. The molecule has 0 aliphatic carbocycles. The summed E-state index contributed by atoms with van der Waals surface area (Å²) in [5.41, 5.74) is 6.68. The maximum atomic E-state index is 13.4. The van der Waals surface area contributed by atoms with Gasteiger partial charge in [-0.3, -0.25) is 14.4 Å². The smallest absolute Gasteiger partial charge is 0.326 e. The van der Waals surface area contributed by atoms with Crippen molar-refractivity contribution in [2.24, 2.45) is 17.6 Å². The molecule has 7 N–H and O–H groups in total. The van der Waals surface area contributed by atoms with Crippen molar-refractivity contribution in [3.8, 4) is 5.75 Å². The first-order valence-electron chi connectivity index (χ1n) is 12.6. The van der Waals surface area contributed by atoms with Crippen LogP contribution in [0.25, 0.3) is 0 Å². The quantitative estimate of drug-likeness (QED) is 0.184. The van der Waals surface area contributed by atoms with E-state index in [1.165, 1.54) is 12.1 Å². The molecule has 1 rings (SSSR count). The van der Waals surface area contributed by atoms with Crippen LogP contribution < -0.4 is 21.7 Å². The molecule has 0 radical (unpaired) electrons. The lowest BCUT2D eigenvalue weighted by molar-refractivity contribution is -0.143. The summed E-state index contributed by atoms with van der Waals surface area (Å²) in [6.45, 7) is 7.36. The SMILES string of the molecule is CCC(C)C(NC(=O)C(Cc1ccc(O)cc1)NC(=O)C(N)CCSC)C(=O)NC(CC(C)C)C(=O)O. The average Bonchev–Trinajstić information content (AvgIpc) is 2.84. The summed E-state index contributed by atoms with van der Waals surface area (Å²) in [6.07, 6.45) is 3.24. The third-order valence-electron chi connectivity index (χ3n) is 6.09. The van der Waals surface area contributed by atoms with Gasteiger partial charge in [0.25, 0.3) is 0 Å². The number of thioether (sulfide) groups is 1. The summed E-state index contributed by atoms with van der Waals surface area (Å²) in [6, 6.07) is 2.30. The summed E-state index contributed by atoms with van der Waals surface area (Å²) in [5, 5.41) is 27.1. The van der Waals surface area contributed by atoms with Crippen molar-refractivity contribution in [1.82, 2.24) is 16.0 Å². The molecule has 208 valence electrons. The second kappa shape index (κ2) is 16.1. The van der Waals surface area contributed by atoms with Crippen LogP contribution in [0.1, 0.15) is 52.5 Å². The lowest BCUT2D eigenvalue weighted by atomic mass is 9.96. The van der Waals surface area contributed by atoms with Crippen molar-refractivity contribution in [2.45, 2.75) is 77.5 Å². The number of phenols is 1. The highest BCUT2D eigenvalue weighted by molar-refractivity contribution is 7.98. The molecule has 1 aromatic rings. The number of phenolic OH excluding ortho intramolecular Hbond substituents is 1. The normalized spacial score (nSPS) is 15.2. The summed E-state index contributed by atoms with van der Waals surface area (Å²) in [5.74, 6) is -2.33. The van der Waals surface area contributed by atoms with Crippen LogP contribution >= 0.6 is 11.8 Å². The van der Waals surface area contributed by atoms with E-state index in [4.69, 9.17) is 5.73 Å². The van der Waals surface area contributed by atoms with Crippen LogP contribution in [0, 0.1) is 11.8 Å². The Hall–Kier alpha value is -2.79. The van der Waals surface area contributed by atoms with Crippen LogP contribution in [-0.4, -0.2) is 70.1 Å². The molecule has 3 amide bonds. The second-order valence-corrected chi connectivity index (χ2v) is 10.7. The number of carbonyl (C=O) groups is 4. The number of amides is 3. The monoisotopic (exact) mass is 538 g/mol. The van der Waals surface area contributed by atoms with Gasteiger partial charge in [-0.15, -0.1) is 0 Å². The molecule has 0 aliphatic heterocycles. The largest absolute Gasteiger partial charge is 0.508 e. The minimum Gasteiger partial charge on any atom is -0.508 e. The van der Waals surface area contributed by atoms with Gasteiger partial charge in [-0.05, 0) is 54.4 Å². The van der Waals surface area contributed by atoms with Crippen LogP contribution in [0.5, 0.6) is 5.75 Å². The van der Waals surface area contributed by atoms with Crippen molar-refractivity contribution >= 4 is 35.5 Å². The van der Waals surface area contributed by atoms with Crippen molar-refractivity contribution in [3.05, 3.63) is 29.8 Å². The second-order valence-electron chi connectivity index (χ2n) is 9.72. The Morgan fingerprint density at radius 2 is 1.54 bits per heavy atom. The molecule has 0 bridgehead atoms. The lowest BCUT2D eigenvalue weighted by Gasteiger charge is -2.28. The molecule has 0 fully saturated rings. The fourth-order valence-electron chi connectivity index (χ4n) is 3.64. The minimum atomic E-state index is -1.15. The van der Waals surface area contributed by atoms with Crippen LogP contribution in [0.2, 0.25) is 0 Å². The number of aromatic hydroxyl groups is 1. The Balaban J connectivity index is 3.14. The van der Waals surface area contributed by atoms with Crippen LogP contribution in [0.15, 0.2) is 24.3 Å². The van der Waals surface area contributed by atoms with Crippen molar-refractivity contribution in [1.29, 1.82) is 0 Å². The first kappa shape index (κ1) is 32.2. The Kier molecular flexibility index (Phi) is 14.1. The van der Waals surface area contributed by atoms with Gasteiger partial charge in [0.1, 0.15) is 23.9 Å². The number of nitrogens with one attached hydrogen (secondary N) is 3. The predicted molar refractivity (Wildman–Crippen MR) is 145 cm³/mol. The van der Waals surface area contributed by atoms with Crippen molar-refractivity contribution in [2.75, 3.05) is 12.0 Å². The van der Waals surface area contributed by atoms with Gasteiger partial charge in [0.2, 0.25) is 17.7 Å². The number of carbonyl (C=O) groups excluding carboxylic acids is 3. The summed E-state index contributed by atoms with van der Waals surface area (Å²) >= 11 is 1.55. The van der Waals surface area contributed by atoms with E-state index in [1.807, 2.05) is 27.0 Å². The van der Waals surface area contributed by atoms with Crippen molar-refractivity contribution < 1.29 is 29.4 Å². The molecule has 0 saturated carbocycles. The molecule has 5 atom stereocenters. The fourth-order valence-corrected chi connectivity index (χ4v) is 4.13. The molecule has 0 aromatic heterocycles. The number of carboxylic acids is 1. The molecule has 1 aromatic carbocycles. The van der Waals surface area contributed by atoms with E-state index in [1.54, 1.807) is 30.8 Å². The Morgan fingerprint density at radius 1 is 0.946 bits per heavy atom. The number of nitrogens with two attached hydrogens (primary N) is 1. The molecular formula is C26H42N4O6S. The van der Waals surface area contributed by atoms with Crippen LogP contribution in [0.4, 0.5) is 0 Å². The van der Waals surface area contributed by atoms with E-state index in [-0.39, 0.29) is 30.4 Å². The lowest BCUT2D eigenvalue weighted by Crippen LogP contribution is -2.59. The number of rotatable bonds is 16. The van der Waals surface area contributed by atoms with Gasteiger partial charge in [0, 0.05) is 6.42 Å². The van der Waals surface area contributed by atoms with E-state index >= 15 is 0 Å². The topological polar surface area (TPSA) is 171 Å². The third kappa shape index (κ3) is 11.4. The molecule has 0 aliphatic rings.